The summed E-state index contributed by atoms with van der Waals surface area (Å²) in [5.41, 5.74) is 8.37. The number of carbonyl (C=O) groups excluding carboxylic acids is 1. The number of likely N-dealkylation sites (tertiary alicyclic amines) is 1. The molecule has 2 aromatic heterocycles. The number of thiazole rings is 1. The van der Waals surface area contributed by atoms with Crippen molar-refractivity contribution in [3.05, 3.63) is 40.4 Å². The molecule has 0 bridgehead atoms. The number of hydrogen-bond acceptors (Lipinski definition) is 6. The van der Waals surface area contributed by atoms with E-state index in [1.165, 1.54) is 0 Å². The Labute approximate surface area is 127 Å². The van der Waals surface area contributed by atoms with Gasteiger partial charge < -0.3 is 5.73 Å². The predicted molar refractivity (Wildman–Crippen MR) is 79.4 cm³/mol. The van der Waals surface area contributed by atoms with E-state index in [-0.39, 0.29) is 5.91 Å². The molecule has 0 aromatic carbocycles. The van der Waals surface area contributed by atoms with Gasteiger partial charge in [-0.15, -0.1) is 11.3 Å². The molecular weight excluding hydrogens is 286 g/mol. The van der Waals surface area contributed by atoms with E-state index in [0.717, 1.165) is 23.5 Å². The highest BCUT2D eigenvalue weighted by atomic mass is 32.1. The second-order valence-electron chi connectivity index (χ2n) is 5.20. The summed E-state index contributed by atoms with van der Waals surface area (Å²) >= 11 is 1.60. The van der Waals surface area contributed by atoms with Crippen molar-refractivity contribution in [2.75, 3.05) is 6.54 Å². The lowest BCUT2D eigenvalue weighted by atomic mass is 9.91. The van der Waals surface area contributed by atoms with Gasteiger partial charge in [-0.25, -0.2) is 4.98 Å². The molecule has 21 heavy (non-hydrogen) atoms. The van der Waals surface area contributed by atoms with E-state index in [0.29, 0.717) is 18.7 Å². The highest BCUT2D eigenvalue weighted by Crippen LogP contribution is 2.39. The van der Waals surface area contributed by atoms with Crippen LogP contribution in [0.1, 0.15) is 29.1 Å². The number of primary amides is 1. The molecule has 2 N–H and O–H groups in total. The van der Waals surface area contributed by atoms with E-state index in [1.54, 1.807) is 29.9 Å². The Bertz CT molecular complexity index is 644. The van der Waals surface area contributed by atoms with Gasteiger partial charge in [0.05, 0.1) is 23.1 Å². The van der Waals surface area contributed by atoms with Crippen LogP contribution >= 0.6 is 11.3 Å². The fourth-order valence-corrected chi connectivity index (χ4v) is 3.74. The first-order chi connectivity index (χ1) is 10.1. The SMILES string of the molecule is Cc1ncsc1CN1CCCC1(C(N)=O)c1cnccn1. The molecule has 1 saturated heterocycles. The number of aryl methyl sites for hydroxylation is 1. The van der Waals surface area contributed by atoms with Crippen LogP contribution in [0.15, 0.2) is 24.1 Å². The molecule has 1 amide bonds. The van der Waals surface area contributed by atoms with Gasteiger partial charge in [0.25, 0.3) is 0 Å². The maximum Gasteiger partial charge on any atom is 0.244 e. The number of nitrogens with two attached hydrogens (primary N) is 1. The van der Waals surface area contributed by atoms with Gasteiger partial charge >= 0.3 is 0 Å². The Morgan fingerprint density at radius 3 is 2.95 bits per heavy atom. The summed E-state index contributed by atoms with van der Waals surface area (Å²) in [7, 11) is 0. The van der Waals surface area contributed by atoms with Crippen molar-refractivity contribution in [1.82, 2.24) is 19.9 Å². The number of nitrogens with zero attached hydrogens (tertiary/aromatic N) is 4. The van der Waals surface area contributed by atoms with E-state index in [2.05, 4.69) is 19.9 Å². The van der Waals surface area contributed by atoms with E-state index in [9.17, 15) is 4.79 Å². The molecule has 1 atom stereocenters. The summed E-state index contributed by atoms with van der Waals surface area (Å²) in [6, 6.07) is 0. The molecule has 1 aliphatic rings. The minimum Gasteiger partial charge on any atom is -0.368 e. The maximum absolute atomic E-state index is 12.2. The highest BCUT2D eigenvalue weighted by molar-refractivity contribution is 7.09. The van der Waals surface area contributed by atoms with Crippen LogP contribution in [0, 0.1) is 6.92 Å². The van der Waals surface area contributed by atoms with Gasteiger partial charge in [-0.3, -0.25) is 19.7 Å². The minimum atomic E-state index is -0.856. The zero-order chi connectivity index (χ0) is 14.9. The van der Waals surface area contributed by atoms with Crippen LogP contribution in [0.2, 0.25) is 0 Å². The minimum absolute atomic E-state index is 0.359. The van der Waals surface area contributed by atoms with Gasteiger partial charge in [0.1, 0.15) is 5.54 Å². The van der Waals surface area contributed by atoms with Crippen LogP contribution in [0.4, 0.5) is 0 Å². The molecule has 0 spiro atoms. The fraction of sp³-hybridized carbons (Fsp3) is 0.429. The predicted octanol–water partition coefficient (Wildman–Crippen LogP) is 1.22. The summed E-state index contributed by atoms with van der Waals surface area (Å²) < 4.78 is 0. The molecule has 0 aliphatic carbocycles. The molecule has 0 radical (unpaired) electrons. The van der Waals surface area contributed by atoms with Gasteiger partial charge in [-0.2, -0.15) is 0 Å². The monoisotopic (exact) mass is 303 g/mol. The number of aromatic nitrogens is 3. The van der Waals surface area contributed by atoms with Gasteiger partial charge in [0.15, 0.2) is 0 Å². The summed E-state index contributed by atoms with van der Waals surface area (Å²) in [6.45, 7) is 3.46. The zero-order valence-corrected chi connectivity index (χ0v) is 12.6. The third-order valence-electron chi connectivity index (χ3n) is 4.08. The average molecular weight is 303 g/mol. The molecule has 1 unspecified atom stereocenters. The van der Waals surface area contributed by atoms with Crippen molar-refractivity contribution in [2.45, 2.75) is 31.8 Å². The van der Waals surface area contributed by atoms with Crippen molar-refractivity contribution in [3.8, 4) is 0 Å². The first-order valence-electron chi connectivity index (χ1n) is 6.85. The van der Waals surface area contributed by atoms with Crippen molar-refractivity contribution >= 4 is 17.2 Å². The molecule has 3 rings (SSSR count). The Balaban J connectivity index is 1.99. The number of carbonyl (C=O) groups is 1. The quantitative estimate of drug-likeness (QED) is 0.918. The van der Waals surface area contributed by atoms with Crippen LogP contribution in [0.25, 0.3) is 0 Å². The first-order valence-corrected chi connectivity index (χ1v) is 7.73. The van der Waals surface area contributed by atoms with Gasteiger partial charge in [0.2, 0.25) is 5.91 Å². The van der Waals surface area contributed by atoms with Gasteiger partial charge in [0, 0.05) is 30.4 Å². The van der Waals surface area contributed by atoms with Crippen LogP contribution in [0.5, 0.6) is 0 Å². The first kappa shape index (κ1) is 14.1. The van der Waals surface area contributed by atoms with Gasteiger partial charge in [-0.05, 0) is 19.8 Å². The molecule has 6 nitrogen and oxygen atoms in total. The molecule has 1 fully saturated rings. The van der Waals surface area contributed by atoms with Crippen molar-refractivity contribution in [2.24, 2.45) is 5.73 Å². The normalized spacial score (nSPS) is 22.5. The Hall–Kier alpha value is -1.86. The van der Waals surface area contributed by atoms with E-state index in [4.69, 9.17) is 5.73 Å². The maximum atomic E-state index is 12.2. The molecular formula is C14H17N5OS. The second-order valence-corrected chi connectivity index (χ2v) is 6.14. The fourth-order valence-electron chi connectivity index (χ4n) is 2.95. The Morgan fingerprint density at radius 1 is 1.48 bits per heavy atom. The Morgan fingerprint density at radius 2 is 2.33 bits per heavy atom. The summed E-state index contributed by atoms with van der Waals surface area (Å²) in [4.78, 5) is 28.2. The van der Waals surface area contributed by atoms with Crippen molar-refractivity contribution < 1.29 is 4.79 Å². The van der Waals surface area contributed by atoms with Crippen LogP contribution < -0.4 is 5.73 Å². The number of amides is 1. The van der Waals surface area contributed by atoms with Crippen LogP contribution in [0.3, 0.4) is 0 Å². The van der Waals surface area contributed by atoms with Gasteiger partial charge in [-0.1, -0.05) is 0 Å². The molecule has 1 aliphatic heterocycles. The average Bonchev–Trinajstić information content (AvgIpc) is 3.08. The van der Waals surface area contributed by atoms with E-state index < -0.39 is 5.54 Å². The molecule has 7 heteroatoms. The Kier molecular flexibility index (Phi) is 3.69. The third kappa shape index (κ3) is 2.32. The third-order valence-corrected chi connectivity index (χ3v) is 5.00. The topological polar surface area (TPSA) is 85.0 Å². The number of hydrogen-bond donors (Lipinski definition) is 1. The molecule has 2 aromatic rings. The largest absolute Gasteiger partial charge is 0.368 e. The number of rotatable bonds is 4. The lowest BCUT2D eigenvalue weighted by Crippen LogP contribution is -2.51. The van der Waals surface area contributed by atoms with Crippen molar-refractivity contribution in [1.29, 1.82) is 0 Å². The smallest absolute Gasteiger partial charge is 0.244 e. The second kappa shape index (κ2) is 5.50. The van der Waals surface area contributed by atoms with E-state index in [1.807, 2.05) is 12.4 Å². The molecule has 3 heterocycles. The lowest BCUT2D eigenvalue weighted by molar-refractivity contribution is -0.129. The van der Waals surface area contributed by atoms with Crippen molar-refractivity contribution in [3.63, 3.8) is 0 Å². The summed E-state index contributed by atoms with van der Waals surface area (Å²) in [5, 5.41) is 0. The molecule has 110 valence electrons. The standard InChI is InChI=1S/C14H17N5OS/c1-10-11(21-9-18-10)8-19-6-2-3-14(19,13(15)20)12-7-16-4-5-17-12/h4-5,7,9H,2-3,6,8H2,1H3,(H2,15,20). The lowest BCUT2D eigenvalue weighted by Gasteiger charge is -2.34. The van der Waals surface area contributed by atoms with E-state index >= 15 is 0 Å². The zero-order valence-electron chi connectivity index (χ0n) is 11.8. The molecule has 0 saturated carbocycles. The summed E-state index contributed by atoms with van der Waals surface area (Å²) in [5.74, 6) is -0.359. The summed E-state index contributed by atoms with van der Waals surface area (Å²) in [6.07, 6.45) is 6.44. The highest BCUT2D eigenvalue weighted by Gasteiger charge is 2.49. The van der Waals surface area contributed by atoms with Crippen LogP contribution in [-0.2, 0) is 16.9 Å². The van der Waals surface area contributed by atoms with Crippen LogP contribution in [-0.4, -0.2) is 32.3 Å².